The molecule has 0 aliphatic carbocycles. The molecule has 0 spiro atoms. The first-order valence-corrected chi connectivity index (χ1v) is 4.34. The summed E-state index contributed by atoms with van der Waals surface area (Å²) >= 11 is 1.08. The molecule has 0 aliphatic heterocycles. The van der Waals surface area contributed by atoms with Crippen molar-refractivity contribution < 1.29 is 14.6 Å². The number of rotatable bonds is 3. The highest BCUT2D eigenvalue weighted by Crippen LogP contribution is 2.09. The van der Waals surface area contributed by atoms with Crippen molar-refractivity contribution in [2.75, 3.05) is 18.5 Å². The highest BCUT2D eigenvalue weighted by Gasteiger charge is 2.05. The zero-order valence-electron chi connectivity index (χ0n) is 6.98. The highest BCUT2D eigenvalue weighted by molar-refractivity contribution is 7.09. The number of carbonyl (C=O) groups excluding carboxylic acids is 1. The van der Waals surface area contributed by atoms with Gasteiger partial charge in [0.2, 0.25) is 5.13 Å². The summed E-state index contributed by atoms with van der Waals surface area (Å²) in [6, 6.07) is 0. The molecular weight excluding hydrogens is 194 g/mol. The van der Waals surface area contributed by atoms with E-state index in [1.165, 1.54) is 0 Å². The van der Waals surface area contributed by atoms with E-state index in [0.717, 1.165) is 11.5 Å². The molecule has 0 saturated carbocycles. The average molecular weight is 203 g/mol. The van der Waals surface area contributed by atoms with Crippen LogP contribution >= 0.6 is 11.5 Å². The minimum Gasteiger partial charge on any atom is -0.447 e. The first-order valence-electron chi connectivity index (χ1n) is 3.57. The number of nitrogens with one attached hydrogen (secondary N) is 1. The van der Waals surface area contributed by atoms with Crippen LogP contribution in [0.5, 0.6) is 0 Å². The van der Waals surface area contributed by atoms with Gasteiger partial charge >= 0.3 is 6.09 Å². The van der Waals surface area contributed by atoms with Crippen LogP contribution in [0.3, 0.4) is 0 Å². The Bertz CT molecular complexity index is 288. The van der Waals surface area contributed by atoms with Crippen LogP contribution in [0, 0.1) is 6.92 Å². The van der Waals surface area contributed by atoms with Crippen molar-refractivity contribution in [1.82, 2.24) is 9.36 Å². The summed E-state index contributed by atoms with van der Waals surface area (Å²) in [4.78, 5) is 14.8. The Morgan fingerprint density at radius 3 is 3.08 bits per heavy atom. The lowest BCUT2D eigenvalue weighted by atomic mass is 10.7. The van der Waals surface area contributed by atoms with Gasteiger partial charge in [-0.15, -0.1) is 0 Å². The first kappa shape index (κ1) is 9.87. The largest absolute Gasteiger partial charge is 0.447 e. The standard InChI is InChI=1S/C6H9N3O3S/c1-4-7-5(13-9-4)8-6(11)12-3-2-10/h10H,2-3H2,1H3,(H,7,8,9,11). The predicted molar refractivity (Wildman–Crippen MR) is 46.7 cm³/mol. The average Bonchev–Trinajstić information content (AvgIpc) is 2.48. The quantitative estimate of drug-likeness (QED) is 0.742. The molecule has 0 fully saturated rings. The number of carbonyl (C=O) groups is 1. The van der Waals surface area contributed by atoms with E-state index < -0.39 is 6.09 Å². The minimum atomic E-state index is -0.634. The molecule has 6 nitrogen and oxygen atoms in total. The van der Waals surface area contributed by atoms with Crippen LogP contribution < -0.4 is 5.32 Å². The zero-order chi connectivity index (χ0) is 9.68. The fourth-order valence-corrected chi connectivity index (χ4v) is 1.17. The van der Waals surface area contributed by atoms with Gasteiger partial charge in [0, 0.05) is 11.5 Å². The van der Waals surface area contributed by atoms with Crippen LogP contribution in [0.1, 0.15) is 5.82 Å². The van der Waals surface area contributed by atoms with Crippen molar-refractivity contribution in [3.05, 3.63) is 5.82 Å². The summed E-state index contributed by atoms with van der Waals surface area (Å²) < 4.78 is 8.40. The summed E-state index contributed by atoms with van der Waals surface area (Å²) in [6.07, 6.45) is -0.634. The number of aliphatic hydroxyl groups is 1. The molecule has 0 bridgehead atoms. The van der Waals surface area contributed by atoms with Crippen molar-refractivity contribution in [3.63, 3.8) is 0 Å². The summed E-state index contributed by atoms with van der Waals surface area (Å²) in [6.45, 7) is 1.51. The number of hydrogen-bond donors (Lipinski definition) is 2. The molecule has 1 rings (SSSR count). The van der Waals surface area contributed by atoms with Gasteiger partial charge in [-0.2, -0.15) is 4.37 Å². The second kappa shape index (κ2) is 4.73. The van der Waals surface area contributed by atoms with E-state index in [2.05, 4.69) is 19.4 Å². The van der Waals surface area contributed by atoms with E-state index >= 15 is 0 Å². The summed E-state index contributed by atoms with van der Waals surface area (Å²) in [7, 11) is 0. The number of anilines is 1. The SMILES string of the molecule is Cc1nsc(NC(=O)OCCO)n1. The van der Waals surface area contributed by atoms with Crippen molar-refractivity contribution in [3.8, 4) is 0 Å². The number of nitrogens with zero attached hydrogens (tertiary/aromatic N) is 2. The Hall–Kier alpha value is -1.21. The molecule has 2 N–H and O–H groups in total. The fourth-order valence-electron chi connectivity index (χ4n) is 0.610. The Labute approximate surface area is 78.7 Å². The first-order chi connectivity index (χ1) is 6.22. The monoisotopic (exact) mass is 203 g/mol. The van der Waals surface area contributed by atoms with Gasteiger partial charge in [-0.05, 0) is 6.92 Å². The number of amides is 1. The van der Waals surface area contributed by atoms with Crippen LogP contribution in [0.4, 0.5) is 9.93 Å². The molecule has 1 heterocycles. The van der Waals surface area contributed by atoms with Gasteiger partial charge in [-0.3, -0.25) is 5.32 Å². The Balaban J connectivity index is 2.36. The molecule has 7 heteroatoms. The zero-order valence-corrected chi connectivity index (χ0v) is 7.80. The van der Waals surface area contributed by atoms with Crippen molar-refractivity contribution in [1.29, 1.82) is 0 Å². The third-order valence-electron chi connectivity index (χ3n) is 1.06. The van der Waals surface area contributed by atoms with Gasteiger partial charge in [0.25, 0.3) is 0 Å². The third-order valence-corrected chi connectivity index (χ3v) is 1.78. The van der Waals surface area contributed by atoms with E-state index in [4.69, 9.17) is 5.11 Å². The molecule has 0 atom stereocenters. The van der Waals surface area contributed by atoms with Gasteiger partial charge in [-0.1, -0.05) is 0 Å². The second-order valence-electron chi connectivity index (χ2n) is 2.13. The molecule has 0 aromatic carbocycles. The van der Waals surface area contributed by atoms with Gasteiger partial charge in [0.15, 0.2) is 0 Å². The van der Waals surface area contributed by atoms with Crippen molar-refractivity contribution in [2.24, 2.45) is 0 Å². The molecule has 1 aromatic rings. The molecular formula is C6H9N3O3S. The maximum Gasteiger partial charge on any atom is 0.413 e. The van der Waals surface area contributed by atoms with E-state index in [1.54, 1.807) is 6.92 Å². The van der Waals surface area contributed by atoms with Gasteiger partial charge in [-0.25, -0.2) is 9.78 Å². The number of ether oxygens (including phenoxy) is 1. The van der Waals surface area contributed by atoms with Gasteiger partial charge in [0.05, 0.1) is 6.61 Å². The topological polar surface area (TPSA) is 84.3 Å². The summed E-state index contributed by atoms with van der Waals surface area (Å²) in [5.41, 5.74) is 0. The molecule has 72 valence electrons. The molecule has 0 saturated heterocycles. The van der Waals surface area contributed by atoms with Gasteiger partial charge < -0.3 is 9.84 Å². The lowest BCUT2D eigenvalue weighted by Crippen LogP contribution is -2.15. The molecule has 1 amide bonds. The van der Waals surface area contributed by atoms with Crippen LogP contribution in [0.15, 0.2) is 0 Å². The Morgan fingerprint density at radius 2 is 2.54 bits per heavy atom. The maximum absolute atomic E-state index is 10.9. The van der Waals surface area contributed by atoms with Crippen LogP contribution in [-0.4, -0.2) is 33.8 Å². The van der Waals surface area contributed by atoms with Crippen molar-refractivity contribution in [2.45, 2.75) is 6.92 Å². The molecule has 0 unspecified atom stereocenters. The maximum atomic E-state index is 10.9. The highest BCUT2D eigenvalue weighted by atomic mass is 32.1. The summed E-state index contributed by atoms with van der Waals surface area (Å²) in [5.74, 6) is 0.599. The van der Waals surface area contributed by atoms with E-state index in [-0.39, 0.29) is 13.2 Å². The molecule has 1 aromatic heterocycles. The van der Waals surface area contributed by atoms with Crippen LogP contribution in [0.2, 0.25) is 0 Å². The van der Waals surface area contributed by atoms with Crippen LogP contribution in [-0.2, 0) is 4.74 Å². The van der Waals surface area contributed by atoms with E-state index in [0.29, 0.717) is 11.0 Å². The number of aliphatic hydroxyl groups excluding tert-OH is 1. The lowest BCUT2D eigenvalue weighted by Gasteiger charge is -2.00. The van der Waals surface area contributed by atoms with Crippen LogP contribution in [0.25, 0.3) is 0 Å². The molecule has 13 heavy (non-hydrogen) atoms. The van der Waals surface area contributed by atoms with Gasteiger partial charge in [0.1, 0.15) is 12.4 Å². The predicted octanol–water partition coefficient (Wildman–Crippen LogP) is 0.387. The molecule has 0 aliphatic rings. The fraction of sp³-hybridized carbons (Fsp3) is 0.500. The molecule has 0 radical (unpaired) electrons. The number of aryl methyl sites for hydroxylation is 1. The normalized spacial score (nSPS) is 9.69. The number of aromatic nitrogens is 2. The summed E-state index contributed by atoms with van der Waals surface area (Å²) in [5, 5.41) is 11.1. The minimum absolute atomic E-state index is 0.0242. The van der Waals surface area contributed by atoms with E-state index in [1.807, 2.05) is 0 Å². The van der Waals surface area contributed by atoms with E-state index in [9.17, 15) is 4.79 Å². The lowest BCUT2D eigenvalue weighted by molar-refractivity contribution is 0.131. The smallest absolute Gasteiger partial charge is 0.413 e. The Kier molecular flexibility index (Phi) is 3.59. The second-order valence-corrected chi connectivity index (χ2v) is 2.88. The third kappa shape index (κ3) is 3.34. The Morgan fingerprint density at radius 1 is 1.77 bits per heavy atom. The number of hydrogen-bond acceptors (Lipinski definition) is 6. The van der Waals surface area contributed by atoms with Crippen molar-refractivity contribution >= 4 is 22.8 Å².